The lowest BCUT2D eigenvalue weighted by molar-refractivity contribution is -0.137. The Morgan fingerprint density at radius 2 is 1.90 bits per heavy atom. The molecule has 21 heavy (non-hydrogen) atoms. The zero-order chi connectivity index (χ0) is 16.3. The molecule has 1 amide bonds. The molecule has 0 bridgehead atoms. The third-order valence-electron chi connectivity index (χ3n) is 2.56. The number of benzene rings is 1. The first kappa shape index (κ1) is 17.4. The van der Waals surface area contributed by atoms with E-state index in [0.29, 0.717) is 12.1 Å². The SMILES string of the molecule is CS(=O)(=O)CCC(=O)NCc1ccc(C(F)(F)F)cc1F. The molecule has 0 radical (unpaired) electrons. The molecule has 0 aliphatic carbocycles. The van der Waals surface area contributed by atoms with Gasteiger partial charge < -0.3 is 5.32 Å². The number of sulfone groups is 1. The Kier molecular flexibility index (Phi) is 5.32. The molecule has 9 heteroatoms. The molecule has 0 aliphatic heterocycles. The van der Waals surface area contributed by atoms with E-state index in [2.05, 4.69) is 5.32 Å². The zero-order valence-corrected chi connectivity index (χ0v) is 11.8. The lowest BCUT2D eigenvalue weighted by atomic mass is 10.1. The second-order valence-electron chi connectivity index (χ2n) is 4.46. The Bertz CT molecular complexity index is 626. The van der Waals surface area contributed by atoms with Gasteiger partial charge in [0.15, 0.2) is 0 Å². The Morgan fingerprint density at radius 3 is 2.38 bits per heavy atom. The summed E-state index contributed by atoms with van der Waals surface area (Å²) >= 11 is 0. The molecule has 118 valence electrons. The smallest absolute Gasteiger partial charge is 0.352 e. The molecule has 0 saturated carbocycles. The van der Waals surface area contributed by atoms with E-state index in [1.807, 2.05) is 0 Å². The molecule has 0 saturated heterocycles. The fraction of sp³-hybridized carbons (Fsp3) is 0.417. The Morgan fingerprint density at radius 1 is 1.29 bits per heavy atom. The van der Waals surface area contributed by atoms with Gasteiger partial charge in [-0.2, -0.15) is 13.2 Å². The first-order chi connectivity index (χ1) is 9.49. The average Bonchev–Trinajstić information content (AvgIpc) is 2.32. The largest absolute Gasteiger partial charge is 0.416 e. The predicted octanol–water partition coefficient (Wildman–Crippen LogP) is 1.90. The maximum absolute atomic E-state index is 13.5. The van der Waals surface area contributed by atoms with Crippen molar-refractivity contribution >= 4 is 15.7 Å². The zero-order valence-electron chi connectivity index (χ0n) is 11.0. The number of amides is 1. The quantitative estimate of drug-likeness (QED) is 0.840. The highest BCUT2D eigenvalue weighted by molar-refractivity contribution is 7.90. The molecule has 1 aromatic carbocycles. The number of nitrogens with one attached hydrogen (secondary N) is 1. The summed E-state index contributed by atoms with van der Waals surface area (Å²) in [4.78, 5) is 11.3. The third kappa shape index (κ3) is 6.11. The van der Waals surface area contributed by atoms with Crippen molar-refractivity contribution in [3.05, 3.63) is 35.1 Å². The van der Waals surface area contributed by atoms with Crippen molar-refractivity contribution in [3.63, 3.8) is 0 Å². The summed E-state index contributed by atoms with van der Waals surface area (Å²) in [6.07, 6.45) is -3.96. The van der Waals surface area contributed by atoms with Gasteiger partial charge in [-0.05, 0) is 12.1 Å². The second kappa shape index (κ2) is 6.42. The first-order valence-corrected chi connectivity index (χ1v) is 7.85. The first-order valence-electron chi connectivity index (χ1n) is 5.79. The van der Waals surface area contributed by atoms with Crippen LogP contribution < -0.4 is 5.32 Å². The maximum atomic E-state index is 13.5. The van der Waals surface area contributed by atoms with Crippen molar-refractivity contribution in [2.24, 2.45) is 0 Å². The highest BCUT2D eigenvalue weighted by atomic mass is 32.2. The van der Waals surface area contributed by atoms with Crippen LogP contribution in [0.1, 0.15) is 17.5 Å². The van der Waals surface area contributed by atoms with Crippen LogP contribution in [0.2, 0.25) is 0 Å². The third-order valence-corrected chi connectivity index (χ3v) is 3.50. The minimum atomic E-state index is -4.64. The molecule has 0 heterocycles. The Balaban J connectivity index is 2.62. The standard InChI is InChI=1S/C12H13F4NO3S/c1-21(19,20)5-4-11(18)17-7-8-2-3-9(6-10(8)13)12(14,15)16/h2-3,6H,4-5,7H2,1H3,(H,17,18). The van der Waals surface area contributed by atoms with Gasteiger partial charge in [0.25, 0.3) is 0 Å². The van der Waals surface area contributed by atoms with E-state index in [4.69, 9.17) is 0 Å². The monoisotopic (exact) mass is 327 g/mol. The van der Waals surface area contributed by atoms with Crippen molar-refractivity contribution in [1.82, 2.24) is 5.32 Å². The molecule has 0 spiro atoms. The Hall–Kier alpha value is -1.64. The summed E-state index contributed by atoms with van der Waals surface area (Å²) in [5.74, 6) is -2.07. The van der Waals surface area contributed by atoms with Crippen LogP contribution in [-0.4, -0.2) is 26.3 Å². The summed E-state index contributed by atoms with van der Waals surface area (Å²) in [5.41, 5.74) is -1.23. The summed E-state index contributed by atoms with van der Waals surface area (Å²) < 4.78 is 72.2. The molecular formula is C12H13F4NO3S. The molecule has 4 nitrogen and oxygen atoms in total. The van der Waals surface area contributed by atoms with E-state index in [-0.39, 0.29) is 24.3 Å². The number of rotatable bonds is 5. The van der Waals surface area contributed by atoms with Gasteiger partial charge in [-0.1, -0.05) is 6.07 Å². The number of carbonyl (C=O) groups is 1. The molecule has 0 atom stereocenters. The molecule has 1 rings (SSSR count). The fourth-order valence-corrected chi connectivity index (χ4v) is 1.98. The number of hydrogen-bond acceptors (Lipinski definition) is 3. The molecule has 1 aromatic rings. The number of carbonyl (C=O) groups excluding carboxylic acids is 1. The summed E-state index contributed by atoms with van der Waals surface area (Å²) in [6, 6.07) is 1.98. The van der Waals surface area contributed by atoms with Crippen LogP contribution in [-0.2, 0) is 27.4 Å². The van der Waals surface area contributed by atoms with Crippen LogP contribution in [0, 0.1) is 5.82 Å². The van der Waals surface area contributed by atoms with E-state index in [9.17, 15) is 30.8 Å². The van der Waals surface area contributed by atoms with Crippen LogP contribution >= 0.6 is 0 Å². The van der Waals surface area contributed by atoms with E-state index in [1.165, 1.54) is 0 Å². The average molecular weight is 327 g/mol. The van der Waals surface area contributed by atoms with Crippen molar-refractivity contribution in [1.29, 1.82) is 0 Å². The van der Waals surface area contributed by atoms with Crippen molar-refractivity contribution in [3.8, 4) is 0 Å². The van der Waals surface area contributed by atoms with Crippen molar-refractivity contribution < 1.29 is 30.8 Å². The van der Waals surface area contributed by atoms with E-state index < -0.39 is 33.3 Å². The highest BCUT2D eigenvalue weighted by Gasteiger charge is 2.31. The highest BCUT2D eigenvalue weighted by Crippen LogP contribution is 2.30. The Labute approximate surface area is 119 Å². The normalized spacial score (nSPS) is 12.2. The topological polar surface area (TPSA) is 63.2 Å². The molecule has 1 N–H and O–H groups in total. The van der Waals surface area contributed by atoms with Gasteiger partial charge >= 0.3 is 6.18 Å². The summed E-state index contributed by atoms with van der Waals surface area (Å²) in [5, 5.41) is 2.25. The van der Waals surface area contributed by atoms with Crippen LogP contribution in [0.15, 0.2) is 18.2 Å². The number of alkyl halides is 3. The van der Waals surface area contributed by atoms with Gasteiger partial charge in [0.05, 0.1) is 11.3 Å². The van der Waals surface area contributed by atoms with Crippen LogP contribution in [0.5, 0.6) is 0 Å². The van der Waals surface area contributed by atoms with Crippen molar-refractivity contribution in [2.75, 3.05) is 12.0 Å². The second-order valence-corrected chi connectivity index (χ2v) is 6.72. The van der Waals surface area contributed by atoms with Gasteiger partial charge in [0.2, 0.25) is 5.91 Å². The van der Waals surface area contributed by atoms with E-state index in [1.54, 1.807) is 0 Å². The summed E-state index contributed by atoms with van der Waals surface area (Å²) in [7, 11) is -3.29. The van der Waals surface area contributed by atoms with Gasteiger partial charge in [-0.3, -0.25) is 4.79 Å². The molecule has 0 aromatic heterocycles. The fourth-order valence-electron chi connectivity index (χ4n) is 1.43. The number of halogens is 4. The molecule has 0 aliphatic rings. The van der Waals surface area contributed by atoms with Crippen LogP contribution in [0.25, 0.3) is 0 Å². The van der Waals surface area contributed by atoms with Crippen LogP contribution in [0.4, 0.5) is 17.6 Å². The van der Waals surface area contributed by atoms with Crippen molar-refractivity contribution in [2.45, 2.75) is 19.1 Å². The molecule has 0 unspecified atom stereocenters. The molecule has 0 fully saturated rings. The lowest BCUT2D eigenvalue weighted by Crippen LogP contribution is -2.25. The summed E-state index contributed by atoms with van der Waals surface area (Å²) in [6.45, 7) is -0.313. The predicted molar refractivity (Wildman–Crippen MR) is 67.6 cm³/mol. The minimum Gasteiger partial charge on any atom is -0.352 e. The van der Waals surface area contributed by atoms with Gasteiger partial charge in [-0.25, -0.2) is 12.8 Å². The van der Waals surface area contributed by atoms with E-state index in [0.717, 1.165) is 12.3 Å². The lowest BCUT2D eigenvalue weighted by Gasteiger charge is -2.10. The van der Waals surface area contributed by atoms with E-state index >= 15 is 0 Å². The van der Waals surface area contributed by atoms with Gasteiger partial charge in [0, 0.05) is 24.8 Å². The molecular weight excluding hydrogens is 314 g/mol. The minimum absolute atomic E-state index is 0.115. The van der Waals surface area contributed by atoms with Crippen LogP contribution in [0.3, 0.4) is 0 Å². The maximum Gasteiger partial charge on any atom is 0.416 e. The van der Waals surface area contributed by atoms with Gasteiger partial charge in [0.1, 0.15) is 15.7 Å². The van der Waals surface area contributed by atoms with Gasteiger partial charge in [-0.15, -0.1) is 0 Å². The number of hydrogen-bond donors (Lipinski definition) is 1.